The van der Waals surface area contributed by atoms with E-state index in [0.29, 0.717) is 5.70 Å². The van der Waals surface area contributed by atoms with Crippen molar-refractivity contribution in [3.05, 3.63) is 24.1 Å². The first-order valence-corrected chi connectivity index (χ1v) is 2.49. The second-order valence-electron chi connectivity index (χ2n) is 1.61. The number of hydrogen-bond acceptors (Lipinski definition) is 4. The molecule has 9 heavy (non-hydrogen) atoms. The van der Waals surface area contributed by atoms with Gasteiger partial charge in [-0.05, 0) is 12.2 Å². The van der Waals surface area contributed by atoms with E-state index in [1.807, 2.05) is 0 Å². The van der Waals surface area contributed by atoms with Gasteiger partial charge in [-0.1, -0.05) is 0 Å². The van der Waals surface area contributed by atoms with Gasteiger partial charge in [0.05, 0.1) is 12.0 Å². The lowest BCUT2D eigenvalue weighted by molar-refractivity contribution is 0.169. The van der Waals surface area contributed by atoms with E-state index in [0.717, 1.165) is 0 Å². The molecule has 0 aromatic rings. The molecule has 0 radical (unpaired) electrons. The maximum atomic E-state index is 6.57. The SMILES string of the molecule is N=NC1OC=CC=C1N. The van der Waals surface area contributed by atoms with Gasteiger partial charge in [0, 0.05) is 0 Å². The van der Waals surface area contributed by atoms with Crippen LogP contribution in [0.3, 0.4) is 0 Å². The molecular weight excluding hydrogens is 118 g/mol. The fourth-order valence-electron chi connectivity index (χ4n) is 0.536. The zero-order valence-electron chi connectivity index (χ0n) is 4.74. The lowest BCUT2D eigenvalue weighted by Crippen LogP contribution is -2.18. The van der Waals surface area contributed by atoms with E-state index in [2.05, 4.69) is 5.11 Å². The third-order valence-electron chi connectivity index (χ3n) is 0.977. The zero-order chi connectivity index (χ0) is 6.69. The Morgan fingerprint density at radius 1 is 1.78 bits per heavy atom. The Balaban J connectivity index is 2.69. The van der Waals surface area contributed by atoms with Crippen LogP contribution in [0.25, 0.3) is 0 Å². The predicted molar refractivity (Wildman–Crippen MR) is 31.4 cm³/mol. The Bertz CT molecular complexity index is 173. The normalized spacial score (nSPS) is 24.4. The van der Waals surface area contributed by atoms with E-state index >= 15 is 0 Å². The fourth-order valence-corrected chi connectivity index (χ4v) is 0.536. The van der Waals surface area contributed by atoms with Crippen LogP contribution in [-0.2, 0) is 4.74 Å². The molecule has 0 saturated heterocycles. The lowest BCUT2D eigenvalue weighted by Gasteiger charge is -2.12. The van der Waals surface area contributed by atoms with Crippen molar-refractivity contribution in [1.82, 2.24) is 0 Å². The summed E-state index contributed by atoms with van der Waals surface area (Å²) in [6.45, 7) is 0. The molecule has 1 atom stereocenters. The van der Waals surface area contributed by atoms with Gasteiger partial charge in [0.25, 0.3) is 0 Å². The van der Waals surface area contributed by atoms with Gasteiger partial charge in [0.1, 0.15) is 0 Å². The summed E-state index contributed by atoms with van der Waals surface area (Å²) in [5, 5.41) is 3.11. The van der Waals surface area contributed by atoms with Gasteiger partial charge < -0.3 is 10.5 Å². The van der Waals surface area contributed by atoms with Gasteiger partial charge in [0.15, 0.2) is 0 Å². The molecule has 48 valence electrons. The topological polar surface area (TPSA) is 71.5 Å². The van der Waals surface area contributed by atoms with E-state index in [9.17, 15) is 0 Å². The Kier molecular flexibility index (Phi) is 1.48. The molecule has 0 amide bonds. The second kappa shape index (κ2) is 2.30. The van der Waals surface area contributed by atoms with E-state index in [1.54, 1.807) is 12.2 Å². The molecule has 0 aromatic heterocycles. The van der Waals surface area contributed by atoms with Crippen LogP contribution < -0.4 is 5.73 Å². The molecule has 0 fully saturated rings. The first-order chi connectivity index (χ1) is 4.34. The number of ether oxygens (including phenoxy) is 1. The molecule has 0 aromatic carbocycles. The molecule has 1 rings (SSSR count). The summed E-state index contributed by atoms with van der Waals surface area (Å²) in [5.74, 6) is 0. The molecule has 1 aliphatic heterocycles. The summed E-state index contributed by atoms with van der Waals surface area (Å²) in [6.07, 6.45) is 4.18. The molecule has 1 unspecified atom stereocenters. The minimum Gasteiger partial charge on any atom is -0.469 e. The van der Waals surface area contributed by atoms with Gasteiger partial charge in [-0.3, -0.25) is 0 Å². The summed E-state index contributed by atoms with van der Waals surface area (Å²) in [4.78, 5) is 0. The number of rotatable bonds is 1. The van der Waals surface area contributed by atoms with Gasteiger partial charge in [0.2, 0.25) is 6.23 Å². The third-order valence-corrected chi connectivity index (χ3v) is 0.977. The van der Waals surface area contributed by atoms with Crippen molar-refractivity contribution in [3.63, 3.8) is 0 Å². The molecule has 1 aliphatic rings. The second-order valence-corrected chi connectivity index (χ2v) is 1.61. The molecule has 1 heterocycles. The van der Waals surface area contributed by atoms with Crippen molar-refractivity contribution in [2.45, 2.75) is 6.23 Å². The highest BCUT2D eigenvalue weighted by Crippen LogP contribution is 2.07. The van der Waals surface area contributed by atoms with Gasteiger partial charge in [-0.2, -0.15) is 0 Å². The summed E-state index contributed by atoms with van der Waals surface area (Å²) in [6, 6.07) is 0. The van der Waals surface area contributed by atoms with Crippen LogP contribution in [-0.4, -0.2) is 6.23 Å². The van der Waals surface area contributed by atoms with Crippen LogP contribution in [0.15, 0.2) is 29.2 Å². The van der Waals surface area contributed by atoms with Crippen molar-refractivity contribution in [1.29, 1.82) is 5.53 Å². The third kappa shape index (κ3) is 1.07. The number of hydrogen-bond donors (Lipinski definition) is 2. The lowest BCUT2D eigenvalue weighted by atomic mass is 10.3. The fraction of sp³-hybridized carbons (Fsp3) is 0.200. The highest BCUT2D eigenvalue weighted by atomic mass is 16.5. The minimum atomic E-state index is -0.602. The number of nitrogens with two attached hydrogens (primary N) is 1. The van der Waals surface area contributed by atoms with E-state index in [1.165, 1.54) is 6.26 Å². The smallest absolute Gasteiger partial charge is 0.247 e. The summed E-state index contributed by atoms with van der Waals surface area (Å²) in [7, 11) is 0. The molecule has 3 N–H and O–H groups in total. The maximum Gasteiger partial charge on any atom is 0.247 e. The van der Waals surface area contributed by atoms with E-state index in [-0.39, 0.29) is 0 Å². The molecule has 4 nitrogen and oxygen atoms in total. The number of nitrogens with zero attached hydrogens (tertiary/aromatic N) is 1. The predicted octanol–water partition coefficient (Wildman–Crippen LogP) is 0.730. The quantitative estimate of drug-likeness (QED) is 0.507. The van der Waals surface area contributed by atoms with Gasteiger partial charge >= 0.3 is 0 Å². The van der Waals surface area contributed by atoms with Crippen molar-refractivity contribution in [2.75, 3.05) is 0 Å². The average Bonchev–Trinajstić information content (AvgIpc) is 1.89. The first-order valence-electron chi connectivity index (χ1n) is 2.49. The van der Waals surface area contributed by atoms with Crippen LogP contribution in [0, 0.1) is 5.53 Å². The highest BCUT2D eigenvalue weighted by Gasteiger charge is 2.09. The van der Waals surface area contributed by atoms with Crippen molar-refractivity contribution >= 4 is 0 Å². The van der Waals surface area contributed by atoms with E-state index < -0.39 is 6.23 Å². The van der Waals surface area contributed by atoms with Crippen molar-refractivity contribution < 1.29 is 4.74 Å². The maximum absolute atomic E-state index is 6.57. The highest BCUT2D eigenvalue weighted by molar-refractivity contribution is 5.15. The number of nitrogens with one attached hydrogen (secondary N) is 1. The summed E-state index contributed by atoms with van der Waals surface area (Å²) in [5.41, 5.74) is 12.4. The molecule has 4 heteroatoms. The Morgan fingerprint density at radius 3 is 3.00 bits per heavy atom. The van der Waals surface area contributed by atoms with Gasteiger partial charge in [-0.15, -0.1) is 5.11 Å². The van der Waals surface area contributed by atoms with Crippen molar-refractivity contribution in [3.8, 4) is 0 Å². The molecule has 0 aliphatic carbocycles. The van der Waals surface area contributed by atoms with Crippen LogP contribution in [0.2, 0.25) is 0 Å². The van der Waals surface area contributed by atoms with Crippen molar-refractivity contribution in [2.24, 2.45) is 10.8 Å². The van der Waals surface area contributed by atoms with E-state index in [4.69, 9.17) is 16.0 Å². The summed E-state index contributed by atoms with van der Waals surface area (Å²) >= 11 is 0. The van der Waals surface area contributed by atoms with Crippen LogP contribution in [0.1, 0.15) is 0 Å². The van der Waals surface area contributed by atoms with Crippen LogP contribution >= 0.6 is 0 Å². The Hall–Kier alpha value is -1.32. The Labute approximate surface area is 52.5 Å². The molecule has 0 spiro atoms. The zero-order valence-corrected chi connectivity index (χ0v) is 4.74. The standard InChI is InChI=1S/C5H7N3O/c6-4-2-1-3-9-5(4)8-7/h1-3,5,7H,6H2. The Morgan fingerprint density at radius 2 is 2.56 bits per heavy atom. The first kappa shape index (κ1) is 5.81. The average molecular weight is 125 g/mol. The largest absolute Gasteiger partial charge is 0.469 e. The minimum absolute atomic E-state index is 0.465. The van der Waals surface area contributed by atoms with Gasteiger partial charge in [-0.25, -0.2) is 5.53 Å². The molecule has 0 bridgehead atoms. The monoisotopic (exact) mass is 125 g/mol. The number of allylic oxidation sites excluding steroid dienone is 2. The summed E-state index contributed by atoms with van der Waals surface area (Å²) < 4.78 is 4.81. The van der Waals surface area contributed by atoms with Crippen LogP contribution in [0.5, 0.6) is 0 Å². The van der Waals surface area contributed by atoms with Crippen LogP contribution in [0.4, 0.5) is 0 Å². The molecular formula is C5H7N3O. The molecule has 0 saturated carbocycles.